The summed E-state index contributed by atoms with van der Waals surface area (Å²) >= 11 is 0. The lowest BCUT2D eigenvalue weighted by molar-refractivity contribution is -0.159. The topological polar surface area (TPSA) is 55.8 Å². The molecule has 0 unspecified atom stereocenters. The van der Waals surface area contributed by atoms with E-state index in [9.17, 15) is 9.59 Å². The third kappa shape index (κ3) is 4.21. The maximum Gasteiger partial charge on any atom is 0.415 e. The largest absolute Gasteiger partial charge is 0.458 e. The van der Waals surface area contributed by atoms with Gasteiger partial charge in [0.2, 0.25) is 0 Å². The van der Waals surface area contributed by atoms with Crippen LogP contribution in [-0.2, 0) is 9.53 Å². The first-order chi connectivity index (χ1) is 9.87. The van der Waals surface area contributed by atoms with E-state index in [1.165, 1.54) is 4.90 Å². The van der Waals surface area contributed by atoms with Gasteiger partial charge in [0.15, 0.2) is 0 Å². The van der Waals surface area contributed by atoms with Crippen molar-refractivity contribution in [3.63, 3.8) is 0 Å². The van der Waals surface area contributed by atoms with Crippen molar-refractivity contribution in [2.45, 2.75) is 45.3 Å². The molecule has 0 aliphatic carbocycles. The SMILES string of the molecule is CC(C)(C)OC(=O)[C@H]1CCCN1C(=O)Oc1ccccc1. The molecule has 1 aliphatic rings. The van der Waals surface area contributed by atoms with Crippen LogP contribution in [0.2, 0.25) is 0 Å². The predicted molar refractivity (Wildman–Crippen MR) is 78.0 cm³/mol. The van der Waals surface area contributed by atoms with Crippen molar-refractivity contribution in [1.82, 2.24) is 4.90 Å². The molecule has 0 N–H and O–H groups in total. The Morgan fingerprint density at radius 3 is 2.48 bits per heavy atom. The van der Waals surface area contributed by atoms with Gasteiger partial charge in [-0.1, -0.05) is 18.2 Å². The lowest BCUT2D eigenvalue weighted by atomic mass is 10.1. The molecule has 0 spiro atoms. The average Bonchev–Trinajstić information content (AvgIpc) is 2.87. The van der Waals surface area contributed by atoms with Gasteiger partial charge in [-0.2, -0.15) is 0 Å². The molecule has 0 radical (unpaired) electrons. The van der Waals surface area contributed by atoms with Crippen LogP contribution in [0.15, 0.2) is 30.3 Å². The number of likely N-dealkylation sites (tertiary alicyclic amines) is 1. The van der Waals surface area contributed by atoms with Crippen molar-refractivity contribution >= 4 is 12.1 Å². The zero-order valence-corrected chi connectivity index (χ0v) is 12.7. The number of carbonyl (C=O) groups is 2. The van der Waals surface area contributed by atoms with E-state index < -0.39 is 17.7 Å². The van der Waals surface area contributed by atoms with Crippen LogP contribution in [0.1, 0.15) is 33.6 Å². The molecule has 1 heterocycles. The normalized spacial score (nSPS) is 18.4. The summed E-state index contributed by atoms with van der Waals surface area (Å²) in [5, 5.41) is 0. The van der Waals surface area contributed by atoms with Gasteiger partial charge in [-0.15, -0.1) is 0 Å². The Morgan fingerprint density at radius 2 is 1.86 bits per heavy atom. The van der Waals surface area contributed by atoms with Crippen LogP contribution in [0.3, 0.4) is 0 Å². The van der Waals surface area contributed by atoms with Crippen LogP contribution in [0.4, 0.5) is 4.79 Å². The van der Waals surface area contributed by atoms with Crippen LogP contribution < -0.4 is 4.74 Å². The van der Waals surface area contributed by atoms with Crippen molar-refractivity contribution in [2.24, 2.45) is 0 Å². The van der Waals surface area contributed by atoms with E-state index in [2.05, 4.69) is 0 Å². The van der Waals surface area contributed by atoms with Crippen LogP contribution in [0.25, 0.3) is 0 Å². The Bertz CT molecular complexity index is 507. The highest BCUT2D eigenvalue weighted by molar-refractivity contribution is 5.83. The molecule has 21 heavy (non-hydrogen) atoms. The van der Waals surface area contributed by atoms with Gasteiger partial charge in [0.1, 0.15) is 17.4 Å². The van der Waals surface area contributed by atoms with E-state index in [1.54, 1.807) is 24.3 Å². The molecule has 1 aliphatic heterocycles. The van der Waals surface area contributed by atoms with Gasteiger partial charge in [-0.25, -0.2) is 9.59 Å². The summed E-state index contributed by atoms with van der Waals surface area (Å²) in [6.07, 6.45) is 0.877. The molecule has 1 fully saturated rings. The number of hydrogen-bond donors (Lipinski definition) is 0. The second-order valence-electron chi connectivity index (χ2n) is 6.07. The molecule has 0 bridgehead atoms. The number of hydrogen-bond acceptors (Lipinski definition) is 4. The van der Waals surface area contributed by atoms with Crippen molar-refractivity contribution < 1.29 is 19.1 Å². The van der Waals surface area contributed by atoms with Crippen molar-refractivity contribution in [3.05, 3.63) is 30.3 Å². The molecular weight excluding hydrogens is 270 g/mol. The Hall–Kier alpha value is -2.04. The zero-order valence-electron chi connectivity index (χ0n) is 12.7. The standard InChI is InChI=1S/C16H21NO4/c1-16(2,3)21-14(18)13-10-7-11-17(13)15(19)20-12-8-5-4-6-9-12/h4-6,8-9,13H,7,10-11H2,1-3H3/t13-/m1/s1. The van der Waals surface area contributed by atoms with Crippen molar-refractivity contribution in [2.75, 3.05) is 6.54 Å². The first-order valence-electron chi connectivity index (χ1n) is 7.13. The fourth-order valence-electron chi connectivity index (χ4n) is 2.25. The maximum atomic E-state index is 12.2. The number of para-hydroxylation sites is 1. The minimum absolute atomic E-state index is 0.370. The van der Waals surface area contributed by atoms with E-state index in [-0.39, 0.29) is 5.97 Å². The Balaban J connectivity index is 2.01. The summed E-state index contributed by atoms with van der Waals surface area (Å²) in [6, 6.07) is 8.28. The first kappa shape index (κ1) is 15.4. The molecule has 1 saturated heterocycles. The number of carbonyl (C=O) groups excluding carboxylic acids is 2. The second-order valence-corrected chi connectivity index (χ2v) is 6.07. The van der Waals surface area contributed by atoms with Gasteiger partial charge >= 0.3 is 12.1 Å². The predicted octanol–water partition coefficient (Wildman–Crippen LogP) is 2.99. The van der Waals surface area contributed by atoms with Crippen LogP contribution in [0.5, 0.6) is 5.75 Å². The van der Waals surface area contributed by atoms with E-state index in [0.717, 1.165) is 6.42 Å². The monoisotopic (exact) mass is 291 g/mol. The van der Waals surface area contributed by atoms with Gasteiger partial charge in [0.05, 0.1) is 0 Å². The van der Waals surface area contributed by atoms with Gasteiger partial charge in [0, 0.05) is 6.54 Å². The van der Waals surface area contributed by atoms with Gasteiger partial charge < -0.3 is 9.47 Å². The highest BCUT2D eigenvalue weighted by atomic mass is 16.6. The fraction of sp³-hybridized carbons (Fsp3) is 0.500. The van der Waals surface area contributed by atoms with Crippen LogP contribution >= 0.6 is 0 Å². The molecule has 1 atom stereocenters. The highest BCUT2D eigenvalue weighted by Gasteiger charge is 2.37. The lowest BCUT2D eigenvalue weighted by Gasteiger charge is -2.26. The number of benzene rings is 1. The number of nitrogens with zero attached hydrogens (tertiary/aromatic N) is 1. The van der Waals surface area contributed by atoms with E-state index >= 15 is 0 Å². The van der Waals surface area contributed by atoms with Gasteiger partial charge in [0.25, 0.3) is 0 Å². The average molecular weight is 291 g/mol. The summed E-state index contributed by atoms with van der Waals surface area (Å²) in [7, 11) is 0. The molecule has 1 amide bonds. The van der Waals surface area contributed by atoms with E-state index in [0.29, 0.717) is 18.7 Å². The first-order valence-corrected chi connectivity index (χ1v) is 7.13. The van der Waals surface area contributed by atoms with Crippen LogP contribution in [-0.4, -0.2) is 35.2 Å². The highest BCUT2D eigenvalue weighted by Crippen LogP contribution is 2.22. The third-order valence-electron chi connectivity index (χ3n) is 3.11. The second kappa shape index (κ2) is 6.16. The fourth-order valence-corrected chi connectivity index (χ4v) is 2.25. The number of esters is 1. The molecule has 5 heteroatoms. The number of ether oxygens (including phenoxy) is 2. The van der Waals surface area contributed by atoms with Crippen LogP contribution in [0, 0.1) is 0 Å². The van der Waals surface area contributed by atoms with Crippen molar-refractivity contribution in [1.29, 1.82) is 0 Å². The number of amides is 1. The van der Waals surface area contributed by atoms with E-state index in [4.69, 9.17) is 9.47 Å². The van der Waals surface area contributed by atoms with Gasteiger partial charge in [-0.3, -0.25) is 4.90 Å². The molecule has 0 aromatic heterocycles. The Kier molecular flexibility index (Phi) is 4.50. The van der Waals surface area contributed by atoms with Crippen molar-refractivity contribution in [3.8, 4) is 5.75 Å². The van der Waals surface area contributed by atoms with Gasteiger partial charge in [-0.05, 0) is 45.7 Å². The summed E-state index contributed by atoms with van der Waals surface area (Å²) in [6.45, 7) is 5.95. The third-order valence-corrected chi connectivity index (χ3v) is 3.11. The zero-order chi connectivity index (χ0) is 15.5. The lowest BCUT2D eigenvalue weighted by Crippen LogP contribution is -2.44. The number of rotatable bonds is 2. The maximum absolute atomic E-state index is 12.2. The van der Waals surface area contributed by atoms with E-state index in [1.807, 2.05) is 26.8 Å². The summed E-state index contributed by atoms with van der Waals surface area (Å²) in [5.41, 5.74) is -0.561. The summed E-state index contributed by atoms with van der Waals surface area (Å²) < 4.78 is 10.7. The molecule has 2 rings (SSSR count). The molecule has 5 nitrogen and oxygen atoms in total. The summed E-state index contributed by atoms with van der Waals surface area (Å²) in [5.74, 6) is 0.0994. The molecule has 1 aromatic carbocycles. The molecular formula is C16H21NO4. The Morgan fingerprint density at radius 1 is 1.19 bits per heavy atom. The molecule has 0 saturated carbocycles. The summed E-state index contributed by atoms with van der Waals surface area (Å²) in [4.78, 5) is 25.8. The smallest absolute Gasteiger partial charge is 0.415 e. The Labute approximate surface area is 124 Å². The quantitative estimate of drug-likeness (QED) is 0.786. The molecule has 114 valence electrons. The minimum Gasteiger partial charge on any atom is -0.458 e. The minimum atomic E-state index is -0.561. The molecule has 1 aromatic rings.